The molecule has 0 bridgehead atoms. The van der Waals surface area contributed by atoms with Crippen molar-refractivity contribution in [2.75, 3.05) is 31.1 Å². The molecule has 0 radical (unpaired) electrons. The highest BCUT2D eigenvalue weighted by Gasteiger charge is 2.34. The van der Waals surface area contributed by atoms with Crippen LogP contribution >= 0.6 is 0 Å². The molecule has 0 amide bonds. The molecule has 1 aliphatic heterocycles. The average molecular weight is 365 g/mol. The number of aromatic amines is 1. The highest BCUT2D eigenvalue weighted by molar-refractivity contribution is 7.89. The third-order valence-electron chi connectivity index (χ3n) is 4.32. The van der Waals surface area contributed by atoms with Gasteiger partial charge in [-0.25, -0.2) is 8.42 Å². The van der Waals surface area contributed by atoms with Crippen LogP contribution in [0, 0.1) is 24.0 Å². The summed E-state index contributed by atoms with van der Waals surface area (Å²) in [5.41, 5.74) is 2.40. The van der Waals surface area contributed by atoms with Crippen LogP contribution in [-0.4, -0.2) is 54.0 Å². The van der Waals surface area contributed by atoms with Crippen molar-refractivity contribution < 1.29 is 13.3 Å². The van der Waals surface area contributed by atoms with E-state index in [4.69, 9.17) is 0 Å². The molecule has 10 heteroatoms. The Morgan fingerprint density at radius 1 is 1.16 bits per heavy atom. The van der Waals surface area contributed by atoms with E-state index in [0.29, 0.717) is 13.1 Å². The number of aryl methyl sites for hydroxylation is 2. The van der Waals surface area contributed by atoms with Gasteiger partial charge >= 0.3 is 0 Å². The quantitative estimate of drug-likeness (QED) is 0.648. The van der Waals surface area contributed by atoms with Crippen molar-refractivity contribution in [2.24, 2.45) is 0 Å². The molecule has 1 fully saturated rings. The molecule has 134 valence electrons. The molecule has 3 rings (SSSR count). The van der Waals surface area contributed by atoms with Gasteiger partial charge in [-0.1, -0.05) is 12.1 Å². The number of anilines is 1. The van der Waals surface area contributed by atoms with E-state index in [2.05, 4.69) is 15.1 Å². The van der Waals surface area contributed by atoms with Gasteiger partial charge in [-0.15, -0.1) is 0 Å². The van der Waals surface area contributed by atoms with E-state index in [0.717, 1.165) is 17.1 Å². The van der Waals surface area contributed by atoms with Gasteiger partial charge in [-0.2, -0.15) is 9.40 Å². The van der Waals surface area contributed by atoms with Crippen LogP contribution in [0.15, 0.2) is 29.2 Å². The Balaban J connectivity index is 1.82. The molecule has 25 heavy (non-hydrogen) atoms. The summed E-state index contributed by atoms with van der Waals surface area (Å²) in [7, 11) is -3.91. The standard InChI is InChI=1S/C15H19N5O4S/c1-11-15(12(2)17-16-11)18-7-9-19(10-8-18)25(23,24)14-6-4-3-5-13(14)20(21)22/h3-6H,7-10H2,1-2H3,(H,16,17). The van der Waals surface area contributed by atoms with Gasteiger partial charge in [-0.3, -0.25) is 15.2 Å². The van der Waals surface area contributed by atoms with Gasteiger partial charge in [-0.05, 0) is 19.9 Å². The molecular weight excluding hydrogens is 346 g/mol. The fraction of sp³-hybridized carbons (Fsp3) is 0.400. The molecule has 1 saturated heterocycles. The third-order valence-corrected chi connectivity index (χ3v) is 6.27. The number of aromatic nitrogens is 2. The summed E-state index contributed by atoms with van der Waals surface area (Å²) in [6, 6.07) is 5.44. The summed E-state index contributed by atoms with van der Waals surface area (Å²) in [4.78, 5) is 12.3. The summed E-state index contributed by atoms with van der Waals surface area (Å²) in [5, 5.41) is 18.2. The maximum Gasteiger partial charge on any atom is 0.289 e. The summed E-state index contributed by atoms with van der Waals surface area (Å²) in [6.45, 7) is 5.35. The van der Waals surface area contributed by atoms with Gasteiger partial charge in [0.2, 0.25) is 10.0 Å². The lowest BCUT2D eigenvalue weighted by Crippen LogP contribution is -2.49. The van der Waals surface area contributed by atoms with Crippen LogP contribution in [0.25, 0.3) is 0 Å². The predicted octanol–water partition coefficient (Wildman–Crippen LogP) is 1.45. The SMILES string of the molecule is Cc1n[nH]c(C)c1N1CCN(S(=O)(=O)c2ccccc2[N+](=O)[O-])CC1. The number of sulfonamides is 1. The number of benzene rings is 1. The zero-order valence-electron chi connectivity index (χ0n) is 14.0. The molecule has 2 aromatic rings. The molecular formula is C15H19N5O4S. The second kappa shape index (κ2) is 6.45. The minimum atomic E-state index is -3.91. The van der Waals surface area contributed by atoms with Crippen LogP contribution in [0.3, 0.4) is 0 Å². The van der Waals surface area contributed by atoms with Crippen molar-refractivity contribution in [1.82, 2.24) is 14.5 Å². The molecule has 0 aliphatic carbocycles. The first kappa shape index (κ1) is 17.4. The van der Waals surface area contributed by atoms with Crippen molar-refractivity contribution in [2.45, 2.75) is 18.7 Å². The van der Waals surface area contributed by atoms with Crippen molar-refractivity contribution in [3.05, 3.63) is 45.8 Å². The molecule has 0 atom stereocenters. The minimum Gasteiger partial charge on any atom is -0.366 e. The van der Waals surface area contributed by atoms with E-state index in [1.54, 1.807) is 0 Å². The molecule has 0 unspecified atom stereocenters. The van der Waals surface area contributed by atoms with Crippen LogP contribution < -0.4 is 4.90 Å². The second-order valence-corrected chi connectivity index (χ2v) is 7.80. The number of hydrogen-bond donors (Lipinski definition) is 1. The second-order valence-electron chi connectivity index (χ2n) is 5.90. The van der Waals surface area contributed by atoms with E-state index in [9.17, 15) is 18.5 Å². The molecule has 2 heterocycles. The lowest BCUT2D eigenvalue weighted by atomic mass is 10.2. The van der Waals surface area contributed by atoms with Crippen LogP contribution in [0.1, 0.15) is 11.4 Å². The fourth-order valence-electron chi connectivity index (χ4n) is 3.13. The Hall–Kier alpha value is -2.46. The maximum absolute atomic E-state index is 12.8. The number of nitrogens with zero attached hydrogens (tertiary/aromatic N) is 4. The van der Waals surface area contributed by atoms with E-state index < -0.39 is 20.6 Å². The van der Waals surface area contributed by atoms with E-state index >= 15 is 0 Å². The Morgan fingerprint density at radius 2 is 1.80 bits per heavy atom. The lowest BCUT2D eigenvalue weighted by molar-refractivity contribution is -0.387. The van der Waals surface area contributed by atoms with Gasteiger partial charge in [0.25, 0.3) is 5.69 Å². The van der Waals surface area contributed by atoms with Crippen molar-refractivity contribution in [3.8, 4) is 0 Å². The number of nitrogens with one attached hydrogen (secondary N) is 1. The van der Waals surface area contributed by atoms with E-state index in [1.807, 2.05) is 13.8 Å². The van der Waals surface area contributed by atoms with Crippen LogP contribution in [0.4, 0.5) is 11.4 Å². The number of rotatable bonds is 4. The average Bonchev–Trinajstić information content (AvgIpc) is 2.93. The fourth-order valence-corrected chi connectivity index (χ4v) is 4.71. The van der Waals surface area contributed by atoms with Crippen molar-refractivity contribution in [1.29, 1.82) is 0 Å². The largest absolute Gasteiger partial charge is 0.366 e. The topological polar surface area (TPSA) is 112 Å². The third kappa shape index (κ3) is 3.10. The minimum absolute atomic E-state index is 0.260. The van der Waals surface area contributed by atoms with Gasteiger partial charge < -0.3 is 4.90 Å². The molecule has 1 aromatic heterocycles. The maximum atomic E-state index is 12.8. The molecule has 1 aliphatic rings. The van der Waals surface area contributed by atoms with Crippen LogP contribution in [-0.2, 0) is 10.0 Å². The Labute approximate surface area is 145 Å². The van der Waals surface area contributed by atoms with Gasteiger partial charge in [0.05, 0.1) is 22.0 Å². The van der Waals surface area contributed by atoms with E-state index in [1.165, 1.54) is 28.6 Å². The number of piperazine rings is 1. The Bertz CT molecular complexity index is 881. The summed E-state index contributed by atoms with van der Waals surface area (Å²) < 4.78 is 27.0. The molecule has 0 saturated carbocycles. The zero-order chi connectivity index (χ0) is 18.2. The molecule has 1 aromatic carbocycles. The van der Waals surface area contributed by atoms with Gasteiger partial charge in [0.1, 0.15) is 0 Å². The first-order chi connectivity index (χ1) is 11.8. The normalized spacial score (nSPS) is 16.2. The predicted molar refractivity (Wildman–Crippen MR) is 92.1 cm³/mol. The molecule has 1 N–H and O–H groups in total. The lowest BCUT2D eigenvalue weighted by Gasteiger charge is -2.35. The van der Waals surface area contributed by atoms with Crippen molar-refractivity contribution in [3.63, 3.8) is 0 Å². The smallest absolute Gasteiger partial charge is 0.289 e. The summed E-state index contributed by atoms with van der Waals surface area (Å²) in [5.74, 6) is 0. The summed E-state index contributed by atoms with van der Waals surface area (Å²) in [6.07, 6.45) is 0. The van der Waals surface area contributed by atoms with E-state index in [-0.39, 0.29) is 18.0 Å². The van der Waals surface area contributed by atoms with Gasteiger partial charge in [0, 0.05) is 32.2 Å². The number of para-hydroxylation sites is 1. The van der Waals surface area contributed by atoms with Crippen molar-refractivity contribution >= 4 is 21.4 Å². The van der Waals surface area contributed by atoms with Gasteiger partial charge in [0.15, 0.2) is 4.90 Å². The Morgan fingerprint density at radius 3 is 2.36 bits per heavy atom. The van der Waals surface area contributed by atoms with Crippen LogP contribution in [0.2, 0.25) is 0 Å². The van der Waals surface area contributed by atoms with Crippen LogP contribution in [0.5, 0.6) is 0 Å². The number of nitro groups is 1. The Kier molecular flexibility index (Phi) is 4.48. The first-order valence-corrected chi connectivity index (χ1v) is 9.26. The highest BCUT2D eigenvalue weighted by atomic mass is 32.2. The molecule has 9 nitrogen and oxygen atoms in total. The monoisotopic (exact) mass is 365 g/mol. The zero-order valence-corrected chi connectivity index (χ0v) is 14.8. The number of hydrogen-bond acceptors (Lipinski definition) is 6. The first-order valence-electron chi connectivity index (χ1n) is 7.82. The highest BCUT2D eigenvalue weighted by Crippen LogP contribution is 2.29. The number of H-pyrrole nitrogens is 1. The summed E-state index contributed by atoms with van der Waals surface area (Å²) >= 11 is 0. The molecule has 0 spiro atoms. The number of nitro benzene ring substituents is 1.